The molecule has 1 heterocycles. The fourth-order valence-corrected chi connectivity index (χ4v) is 3.34. The van der Waals surface area contributed by atoms with E-state index in [-0.39, 0.29) is 6.04 Å². The predicted molar refractivity (Wildman–Crippen MR) is 76.3 cm³/mol. The molecule has 1 aliphatic carbocycles. The molecule has 1 saturated carbocycles. The van der Waals surface area contributed by atoms with Crippen LogP contribution < -0.4 is 5.73 Å². The van der Waals surface area contributed by atoms with Crippen molar-refractivity contribution in [3.63, 3.8) is 0 Å². The van der Waals surface area contributed by atoms with E-state index in [4.69, 9.17) is 5.73 Å². The van der Waals surface area contributed by atoms with Crippen LogP contribution in [0.4, 0.5) is 0 Å². The Morgan fingerprint density at radius 1 is 1.39 bits per heavy atom. The maximum Gasteiger partial charge on any atom is 0.0327 e. The number of nitrogens with two attached hydrogens (primary N) is 1. The summed E-state index contributed by atoms with van der Waals surface area (Å²) in [4.78, 5) is 4.22. The minimum atomic E-state index is 0.206. The number of hydrogen-bond acceptors (Lipinski definition) is 2. The molecule has 0 radical (unpaired) electrons. The first-order valence-corrected chi connectivity index (χ1v) is 7.44. The average molecular weight is 246 g/mol. The van der Waals surface area contributed by atoms with Crippen LogP contribution in [0.5, 0.6) is 0 Å². The molecule has 1 fully saturated rings. The second kappa shape index (κ2) is 6.33. The summed E-state index contributed by atoms with van der Waals surface area (Å²) in [7, 11) is 0. The molecule has 2 rings (SSSR count). The Hall–Kier alpha value is -0.890. The van der Waals surface area contributed by atoms with Gasteiger partial charge in [0.2, 0.25) is 0 Å². The van der Waals surface area contributed by atoms with Crippen molar-refractivity contribution in [2.45, 2.75) is 58.4 Å². The number of nitrogens with zero attached hydrogens (tertiary/aromatic N) is 1. The molecule has 0 spiro atoms. The van der Waals surface area contributed by atoms with Crippen LogP contribution in [0.2, 0.25) is 0 Å². The van der Waals surface area contributed by atoms with Crippen LogP contribution in [0.25, 0.3) is 0 Å². The van der Waals surface area contributed by atoms with E-state index in [0.717, 1.165) is 12.3 Å². The summed E-state index contributed by atoms with van der Waals surface area (Å²) < 4.78 is 0. The Morgan fingerprint density at radius 2 is 2.22 bits per heavy atom. The number of aromatic nitrogens is 1. The lowest BCUT2D eigenvalue weighted by molar-refractivity contribution is 0.230. The smallest absolute Gasteiger partial charge is 0.0327 e. The van der Waals surface area contributed by atoms with E-state index >= 15 is 0 Å². The highest BCUT2D eigenvalue weighted by atomic mass is 14.7. The van der Waals surface area contributed by atoms with Gasteiger partial charge in [-0.05, 0) is 48.3 Å². The molecule has 1 aromatic heterocycles. The molecule has 0 bridgehead atoms. The van der Waals surface area contributed by atoms with Gasteiger partial charge in [-0.3, -0.25) is 4.98 Å². The van der Waals surface area contributed by atoms with Crippen LogP contribution in [0, 0.1) is 11.8 Å². The quantitative estimate of drug-likeness (QED) is 0.876. The number of aryl methyl sites for hydroxylation is 1. The van der Waals surface area contributed by atoms with Crippen LogP contribution in [0.15, 0.2) is 18.5 Å². The minimum Gasteiger partial charge on any atom is -0.324 e. The maximum absolute atomic E-state index is 6.54. The molecule has 1 aromatic rings. The van der Waals surface area contributed by atoms with Gasteiger partial charge < -0.3 is 5.73 Å². The van der Waals surface area contributed by atoms with Gasteiger partial charge in [0.1, 0.15) is 0 Å². The highest BCUT2D eigenvalue weighted by Crippen LogP contribution is 2.37. The lowest BCUT2D eigenvalue weighted by Gasteiger charge is -2.33. The zero-order valence-electron chi connectivity index (χ0n) is 11.7. The van der Waals surface area contributed by atoms with Crippen molar-refractivity contribution < 1.29 is 0 Å². The Balaban J connectivity index is 2.12. The van der Waals surface area contributed by atoms with E-state index in [2.05, 4.69) is 24.9 Å². The number of pyridine rings is 1. The van der Waals surface area contributed by atoms with Crippen LogP contribution >= 0.6 is 0 Å². The van der Waals surface area contributed by atoms with Crippen molar-refractivity contribution in [3.05, 3.63) is 29.6 Å². The van der Waals surface area contributed by atoms with E-state index in [9.17, 15) is 0 Å². The fourth-order valence-electron chi connectivity index (χ4n) is 3.34. The summed E-state index contributed by atoms with van der Waals surface area (Å²) in [5.41, 5.74) is 9.19. The van der Waals surface area contributed by atoms with Gasteiger partial charge in [0.25, 0.3) is 0 Å². The van der Waals surface area contributed by atoms with E-state index in [1.54, 1.807) is 0 Å². The van der Waals surface area contributed by atoms with Gasteiger partial charge in [0.15, 0.2) is 0 Å². The van der Waals surface area contributed by atoms with Crippen LogP contribution in [-0.4, -0.2) is 4.98 Å². The first kappa shape index (κ1) is 13.5. The summed E-state index contributed by atoms with van der Waals surface area (Å²) in [5, 5.41) is 0. The van der Waals surface area contributed by atoms with Gasteiger partial charge in [-0.2, -0.15) is 0 Å². The third kappa shape index (κ3) is 2.92. The molecule has 0 aromatic carbocycles. The molecule has 0 saturated heterocycles. The first-order valence-electron chi connectivity index (χ1n) is 7.44. The molecule has 1 aliphatic rings. The fraction of sp³-hybridized carbons (Fsp3) is 0.688. The predicted octanol–water partition coefficient (Wildman–Crippen LogP) is 3.86. The van der Waals surface area contributed by atoms with Gasteiger partial charge in [0, 0.05) is 18.4 Å². The summed E-state index contributed by atoms with van der Waals surface area (Å²) in [6.45, 7) is 4.49. The first-order chi connectivity index (χ1) is 8.76. The topological polar surface area (TPSA) is 38.9 Å². The van der Waals surface area contributed by atoms with E-state index in [1.165, 1.54) is 43.2 Å². The van der Waals surface area contributed by atoms with Crippen molar-refractivity contribution >= 4 is 0 Å². The van der Waals surface area contributed by atoms with E-state index in [1.807, 2.05) is 12.4 Å². The number of hydrogen-bond donors (Lipinski definition) is 1. The maximum atomic E-state index is 6.54. The molecular formula is C16H26N2. The van der Waals surface area contributed by atoms with Gasteiger partial charge in [-0.25, -0.2) is 0 Å². The second-order valence-corrected chi connectivity index (χ2v) is 5.65. The molecule has 0 aliphatic heterocycles. The second-order valence-electron chi connectivity index (χ2n) is 5.65. The standard InChI is InChI=1S/C16H26N2/c1-3-12-6-5-7-14(10-12)16(17)15-8-9-18-11-13(15)4-2/h8-9,11-12,14,16H,3-7,10,17H2,1-2H3. The van der Waals surface area contributed by atoms with Crippen molar-refractivity contribution in [2.75, 3.05) is 0 Å². The Bertz CT molecular complexity index is 375. The highest BCUT2D eigenvalue weighted by Gasteiger charge is 2.27. The van der Waals surface area contributed by atoms with Gasteiger partial charge in [0.05, 0.1) is 0 Å². The summed E-state index contributed by atoms with van der Waals surface area (Å²) in [5.74, 6) is 1.55. The Kier molecular flexibility index (Phi) is 4.76. The van der Waals surface area contributed by atoms with Crippen LogP contribution in [0.1, 0.15) is 63.1 Å². The molecule has 100 valence electrons. The van der Waals surface area contributed by atoms with Crippen molar-refractivity contribution in [1.82, 2.24) is 4.98 Å². The van der Waals surface area contributed by atoms with E-state index in [0.29, 0.717) is 5.92 Å². The zero-order valence-corrected chi connectivity index (χ0v) is 11.7. The lowest BCUT2D eigenvalue weighted by atomic mass is 9.75. The van der Waals surface area contributed by atoms with Crippen molar-refractivity contribution in [1.29, 1.82) is 0 Å². The molecule has 3 unspecified atom stereocenters. The normalized spacial score (nSPS) is 25.9. The lowest BCUT2D eigenvalue weighted by Crippen LogP contribution is -2.27. The third-order valence-electron chi connectivity index (χ3n) is 4.59. The summed E-state index contributed by atoms with van der Waals surface area (Å²) >= 11 is 0. The Morgan fingerprint density at radius 3 is 2.94 bits per heavy atom. The summed E-state index contributed by atoms with van der Waals surface area (Å²) in [6, 6.07) is 2.33. The zero-order chi connectivity index (χ0) is 13.0. The molecule has 18 heavy (non-hydrogen) atoms. The molecule has 2 heteroatoms. The molecule has 0 amide bonds. The van der Waals surface area contributed by atoms with Gasteiger partial charge >= 0.3 is 0 Å². The minimum absolute atomic E-state index is 0.206. The molecular weight excluding hydrogens is 220 g/mol. The van der Waals surface area contributed by atoms with Gasteiger partial charge in [-0.15, -0.1) is 0 Å². The SMILES string of the molecule is CCc1cnccc1C(N)C1CCCC(CC)C1. The molecule has 3 atom stereocenters. The highest BCUT2D eigenvalue weighted by molar-refractivity contribution is 5.27. The molecule has 2 nitrogen and oxygen atoms in total. The number of rotatable bonds is 4. The van der Waals surface area contributed by atoms with Gasteiger partial charge in [-0.1, -0.05) is 33.1 Å². The van der Waals surface area contributed by atoms with Crippen molar-refractivity contribution in [2.24, 2.45) is 17.6 Å². The third-order valence-corrected chi connectivity index (χ3v) is 4.59. The monoisotopic (exact) mass is 246 g/mol. The van der Waals surface area contributed by atoms with Crippen molar-refractivity contribution in [3.8, 4) is 0 Å². The molecule has 2 N–H and O–H groups in total. The average Bonchev–Trinajstić information content (AvgIpc) is 2.46. The van der Waals surface area contributed by atoms with E-state index < -0.39 is 0 Å². The van der Waals surface area contributed by atoms with Crippen LogP contribution in [-0.2, 0) is 6.42 Å². The van der Waals surface area contributed by atoms with Crippen LogP contribution in [0.3, 0.4) is 0 Å². The summed E-state index contributed by atoms with van der Waals surface area (Å²) in [6.07, 6.45) is 11.6. The largest absolute Gasteiger partial charge is 0.324 e. The Labute approximate surface area is 111 Å².